The van der Waals surface area contributed by atoms with Crippen molar-refractivity contribution < 1.29 is 0 Å². The highest BCUT2D eigenvalue weighted by Crippen LogP contribution is 2.34. The molecule has 3 heteroatoms. The lowest BCUT2D eigenvalue weighted by atomic mass is 9.94. The number of para-hydroxylation sites is 1. The van der Waals surface area contributed by atoms with Crippen LogP contribution < -0.4 is 4.31 Å². The molecule has 0 bridgehead atoms. The highest BCUT2D eigenvalue weighted by atomic mass is 32.2. The molecule has 3 aromatic rings. The second-order valence-electron chi connectivity index (χ2n) is 10.4. The van der Waals surface area contributed by atoms with Gasteiger partial charge in [-0.05, 0) is 86.8 Å². The first-order chi connectivity index (χ1) is 18.9. The van der Waals surface area contributed by atoms with Gasteiger partial charge in [0.15, 0.2) is 0 Å². The molecule has 0 atom stereocenters. The third-order valence-electron chi connectivity index (χ3n) is 7.44. The third kappa shape index (κ3) is 9.15. The van der Waals surface area contributed by atoms with E-state index in [2.05, 4.69) is 116 Å². The Bertz CT molecular complexity index is 1220. The first kappa shape index (κ1) is 30.8. The lowest BCUT2D eigenvalue weighted by molar-refractivity contribution is 0.490. The van der Waals surface area contributed by atoms with Crippen LogP contribution in [0.4, 0.5) is 5.69 Å². The van der Waals surface area contributed by atoms with Crippen molar-refractivity contribution in [3.8, 4) is 0 Å². The number of allylic oxidation sites excluding steroid dienone is 3. The van der Waals surface area contributed by atoms with Crippen LogP contribution in [0.3, 0.4) is 0 Å². The summed E-state index contributed by atoms with van der Waals surface area (Å²) in [6.45, 7) is 20.4. The molecule has 0 aromatic heterocycles. The van der Waals surface area contributed by atoms with Crippen LogP contribution in [0.5, 0.6) is 0 Å². The van der Waals surface area contributed by atoms with Crippen molar-refractivity contribution in [2.45, 2.75) is 80.2 Å². The van der Waals surface area contributed by atoms with Crippen LogP contribution in [0, 0.1) is 6.92 Å². The maximum absolute atomic E-state index is 4.35. The van der Waals surface area contributed by atoms with E-state index in [1.807, 2.05) is 26.0 Å². The van der Waals surface area contributed by atoms with Crippen LogP contribution in [-0.2, 0) is 19.4 Å². The minimum Gasteiger partial charge on any atom is -0.303 e. The van der Waals surface area contributed by atoms with Crippen LogP contribution in [0.2, 0.25) is 0 Å². The maximum atomic E-state index is 4.35. The van der Waals surface area contributed by atoms with E-state index in [0.717, 1.165) is 38.9 Å². The molecule has 1 aliphatic rings. The Morgan fingerprint density at radius 1 is 0.923 bits per heavy atom. The van der Waals surface area contributed by atoms with Crippen molar-refractivity contribution in [1.29, 1.82) is 0 Å². The van der Waals surface area contributed by atoms with Crippen molar-refractivity contribution in [2.24, 2.45) is 0 Å². The number of anilines is 1. The fraction of sp³-hybridized carbons (Fsp3) is 0.389. The molecule has 1 aliphatic heterocycles. The van der Waals surface area contributed by atoms with Gasteiger partial charge in [0.2, 0.25) is 0 Å². The Hall–Kier alpha value is -2.75. The number of nitrogens with zero attached hydrogens (tertiary/aromatic N) is 2. The molecule has 0 aliphatic carbocycles. The highest BCUT2D eigenvalue weighted by molar-refractivity contribution is 7.98. The average molecular weight is 541 g/mol. The summed E-state index contributed by atoms with van der Waals surface area (Å²) in [5, 5.41) is 0. The van der Waals surface area contributed by atoms with E-state index in [1.165, 1.54) is 63.1 Å². The second kappa shape index (κ2) is 15.7. The average Bonchev–Trinajstić information content (AvgIpc) is 2.97. The molecule has 0 unspecified atom stereocenters. The Morgan fingerprint density at radius 3 is 2.38 bits per heavy atom. The minimum absolute atomic E-state index is 0.942. The first-order valence-electron chi connectivity index (χ1n) is 14.7. The van der Waals surface area contributed by atoms with Gasteiger partial charge in [-0.3, -0.25) is 0 Å². The number of rotatable bonds is 11. The molecule has 2 nitrogen and oxygen atoms in total. The smallest absolute Gasteiger partial charge is 0.0514 e. The zero-order chi connectivity index (χ0) is 28.2. The van der Waals surface area contributed by atoms with Gasteiger partial charge in [-0.1, -0.05) is 111 Å². The first-order valence-corrected chi connectivity index (χ1v) is 15.4. The third-order valence-corrected chi connectivity index (χ3v) is 8.63. The second-order valence-corrected chi connectivity index (χ2v) is 11.5. The van der Waals surface area contributed by atoms with Crippen LogP contribution >= 0.6 is 12.1 Å². The Morgan fingerprint density at radius 2 is 1.64 bits per heavy atom. The molecule has 0 radical (unpaired) electrons. The van der Waals surface area contributed by atoms with E-state index in [4.69, 9.17) is 0 Å². The lowest BCUT2D eigenvalue weighted by Crippen LogP contribution is -2.29. The standard InChI is InChI=1S/C34H42N2S.C2H6/c1-6-35(37-36-22-10-14-33-13-7-8-15-34(33)36)25-31-12-9-11-30(24-31)19-18-27(3)28(4)23-29(5)32-20-16-26(2)17-21-32;1-2/h7-9,11-13,15-17,20-21,24H,5-6,10,14,18-19,22-23,25H2,1-4H3;1-2H3/b28-27+;. The SMILES string of the molecule is C=C(C/C(C)=C(\C)CCc1cccc(CN(CC)SN2CCCc3ccccc32)c1)c1ccc(C)cc1.CC. The quantitative estimate of drug-likeness (QED) is 0.176. The van der Waals surface area contributed by atoms with Crippen LogP contribution in [-0.4, -0.2) is 17.4 Å². The van der Waals surface area contributed by atoms with Crippen molar-refractivity contribution in [3.05, 3.63) is 118 Å². The summed E-state index contributed by atoms with van der Waals surface area (Å²) in [6, 6.07) is 26.8. The van der Waals surface area contributed by atoms with Gasteiger partial charge in [0.1, 0.15) is 0 Å². The van der Waals surface area contributed by atoms with Gasteiger partial charge >= 0.3 is 0 Å². The Kier molecular flexibility index (Phi) is 12.4. The van der Waals surface area contributed by atoms with Crippen molar-refractivity contribution in [1.82, 2.24) is 4.31 Å². The van der Waals surface area contributed by atoms with Gasteiger partial charge in [0, 0.05) is 31.8 Å². The van der Waals surface area contributed by atoms with Gasteiger partial charge in [0.05, 0.1) is 5.69 Å². The van der Waals surface area contributed by atoms with Crippen LogP contribution in [0.25, 0.3) is 5.57 Å². The van der Waals surface area contributed by atoms with Crippen LogP contribution in [0.1, 0.15) is 81.7 Å². The van der Waals surface area contributed by atoms with Gasteiger partial charge in [-0.15, -0.1) is 0 Å². The fourth-order valence-electron chi connectivity index (χ4n) is 4.92. The van der Waals surface area contributed by atoms with Crippen LogP contribution in [0.15, 0.2) is 90.5 Å². The maximum Gasteiger partial charge on any atom is 0.0514 e. The van der Waals surface area contributed by atoms with Gasteiger partial charge in [-0.2, -0.15) is 0 Å². The molecule has 1 heterocycles. The van der Waals surface area contributed by atoms with E-state index in [1.54, 1.807) is 0 Å². The van der Waals surface area contributed by atoms with E-state index < -0.39 is 0 Å². The number of aryl methyl sites for hydroxylation is 3. The monoisotopic (exact) mass is 540 g/mol. The molecule has 39 heavy (non-hydrogen) atoms. The molecule has 0 saturated carbocycles. The lowest BCUT2D eigenvalue weighted by Gasteiger charge is -2.33. The van der Waals surface area contributed by atoms with Gasteiger partial charge in [0.25, 0.3) is 0 Å². The summed E-state index contributed by atoms with van der Waals surface area (Å²) in [6.07, 6.45) is 5.52. The molecule has 208 valence electrons. The highest BCUT2D eigenvalue weighted by Gasteiger charge is 2.19. The van der Waals surface area contributed by atoms with Crippen molar-refractivity contribution >= 4 is 23.4 Å². The number of hydrogen-bond acceptors (Lipinski definition) is 3. The predicted octanol–water partition coefficient (Wildman–Crippen LogP) is 10.2. The molecule has 0 fully saturated rings. The van der Waals surface area contributed by atoms with Gasteiger partial charge < -0.3 is 4.31 Å². The van der Waals surface area contributed by atoms with Crippen molar-refractivity contribution in [3.63, 3.8) is 0 Å². The molecule has 3 aromatic carbocycles. The van der Waals surface area contributed by atoms with Gasteiger partial charge in [-0.25, -0.2) is 4.31 Å². The van der Waals surface area contributed by atoms with E-state index in [9.17, 15) is 0 Å². The summed E-state index contributed by atoms with van der Waals surface area (Å²) in [5.41, 5.74) is 12.3. The molecule has 0 saturated heterocycles. The summed E-state index contributed by atoms with van der Waals surface area (Å²) in [5.74, 6) is 0. The molecule has 0 amide bonds. The number of hydrogen-bond donors (Lipinski definition) is 0. The minimum atomic E-state index is 0.942. The van der Waals surface area contributed by atoms with Crippen molar-refractivity contribution in [2.75, 3.05) is 17.4 Å². The molecular formula is C36H48N2S. The normalized spacial score (nSPS) is 13.4. The van der Waals surface area contributed by atoms with E-state index in [-0.39, 0.29) is 0 Å². The van der Waals surface area contributed by atoms with E-state index >= 15 is 0 Å². The summed E-state index contributed by atoms with van der Waals surface area (Å²) in [7, 11) is 0. The Labute approximate surface area is 243 Å². The predicted molar refractivity (Wildman–Crippen MR) is 175 cm³/mol. The summed E-state index contributed by atoms with van der Waals surface area (Å²) < 4.78 is 4.96. The summed E-state index contributed by atoms with van der Waals surface area (Å²) >= 11 is 1.89. The number of fused-ring (bicyclic) bond motifs is 1. The Balaban J connectivity index is 0.00000205. The fourth-order valence-corrected chi connectivity index (χ4v) is 5.99. The zero-order valence-electron chi connectivity index (χ0n) is 25.1. The molecule has 4 rings (SSSR count). The van der Waals surface area contributed by atoms with E-state index in [0.29, 0.717) is 0 Å². The summed E-state index contributed by atoms with van der Waals surface area (Å²) in [4.78, 5) is 0. The molecular weight excluding hydrogens is 492 g/mol. The molecule has 0 spiro atoms. The largest absolute Gasteiger partial charge is 0.303 e. The number of benzene rings is 3. The molecule has 0 N–H and O–H groups in total. The topological polar surface area (TPSA) is 6.48 Å². The zero-order valence-corrected chi connectivity index (χ0v) is 25.9.